The average Bonchev–Trinajstić information content (AvgIpc) is 2.28. The number of benzene rings is 1. The molecule has 0 bridgehead atoms. The van der Waals surface area contributed by atoms with Crippen LogP contribution in [-0.4, -0.2) is 17.7 Å². The lowest BCUT2D eigenvalue weighted by atomic mass is 10.0. The van der Waals surface area contributed by atoms with E-state index in [-0.39, 0.29) is 36.4 Å². The number of ketones is 1. The smallest absolute Gasteiger partial charge is 0.220 e. The molecule has 4 heteroatoms. The van der Waals surface area contributed by atoms with Crippen LogP contribution >= 0.6 is 0 Å². The molecule has 18 heavy (non-hydrogen) atoms. The van der Waals surface area contributed by atoms with Gasteiger partial charge in [0.25, 0.3) is 0 Å². The van der Waals surface area contributed by atoms with E-state index in [1.54, 1.807) is 6.92 Å². The first-order valence-electron chi connectivity index (χ1n) is 5.99. The summed E-state index contributed by atoms with van der Waals surface area (Å²) in [5.41, 5.74) is 0.888. The van der Waals surface area contributed by atoms with Crippen molar-refractivity contribution < 1.29 is 14.0 Å². The van der Waals surface area contributed by atoms with Gasteiger partial charge in [0.15, 0.2) is 5.78 Å². The molecule has 0 aliphatic rings. The Kier molecular flexibility index (Phi) is 5.01. The minimum absolute atomic E-state index is 0.0701. The zero-order valence-corrected chi connectivity index (χ0v) is 10.9. The number of hydrogen-bond acceptors (Lipinski definition) is 2. The van der Waals surface area contributed by atoms with Crippen LogP contribution in [0.5, 0.6) is 0 Å². The summed E-state index contributed by atoms with van der Waals surface area (Å²) in [5.74, 6) is -0.613. The number of Topliss-reactive ketones (excluding diaryl/α,β-unsaturated/α-hetero) is 1. The van der Waals surface area contributed by atoms with E-state index in [1.807, 2.05) is 13.8 Å². The number of carbonyl (C=O) groups excluding carboxylic acids is 2. The van der Waals surface area contributed by atoms with Gasteiger partial charge in [-0.25, -0.2) is 4.39 Å². The molecule has 1 aromatic carbocycles. The molecule has 0 aromatic heterocycles. The molecule has 1 N–H and O–H groups in total. The highest BCUT2D eigenvalue weighted by molar-refractivity contribution is 5.98. The number of aryl methyl sites for hydroxylation is 1. The van der Waals surface area contributed by atoms with Crippen LogP contribution in [0.4, 0.5) is 4.39 Å². The first kappa shape index (κ1) is 14.4. The molecule has 0 saturated heterocycles. The lowest BCUT2D eigenvalue weighted by molar-refractivity contribution is -0.121. The van der Waals surface area contributed by atoms with Crippen molar-refractivity contribution in [2.24, 2.45) is 0 Å². The van der Waals surface area contributed by atoms with Crippen LogP contribution in [0.15, 0.2) is 18.2 Å². The maximum Gasteiger partial charge on any atom is 0.220 e. The van der Waals surface area contributed by atoms with Gasteiger partial charge in [-0.3, -0.25) is 9.59 Å². The molecule has 3 nitrogen and oxygen atoms in total. The van der Waals surface area contributed by atoms with E-state index in [0.717, 1.165) is 0 Å². The fourth-order valence-corrected chi connectivity index (χ4v) is 1.58. The van der Waals surface area contributed by atoms with Gasteiger partial charge in [0.05, 0.1) is 0 Å². The van der Waals surface area contributed by atoms with Gasteiger partial charge in [0, 0.05) is 24.4 Å². The minimum Gasteiger partial charge on any atom is -0.354 e. The lowest BCUT2D eigenvalue weighted by Crippen LogP contribution is -2.30. The largest absolute Gasteiger partial charge is 0.354 e. The molecule has 0 saturated carbocycles. The second-order valence-electron chi connectivity index (χ2n) is 4.61. The zero-order valence-electron chi connectivity index (χ0n) is 10.9. The predicted molar refractivity (Wildman–Crippen MR) is 68.0 cm³/mol. The van der Waals surface area contributed by atoms with Gasteiger partial charge in [-0.2, -0.15) is 0 Å². The second kappa shape index (κ2) is 6.28. The van der Waals surface area contributed by atoms with E-state index in [4.69, 9.17) is 0 Å². The van der Waals surface area contributed by atoms with E-state index in [1.165, 1.54) is 18.2 Å². The fourth-order valence-electron chi connectivity index (χ4n) is 1.58. The van der Waals surface area contributed by atoms with Gasteiger partial charge in [-0.05, 0) is 44.5 Å². The number of amides is 1. The molecule has 98 valence electrons. The Labute approximate surface area is 106 Å². The standard InChI is InChI=1S/C14H18FNO2/c1-9(2)16-14(18)7-6-13(17)11-4-5-12(15)10(3)8-11/h4-5,8-9H,6-7H2,1-3H3,(H,16,18). The molecule has 1 aromatic rings. The first-order valence-corrected chi connectivity index (χ1v) is 5.99. The summed E-state index contributed by atoms with van der Waals surface area (Å²) >= 11 is 0. The van der Waals surface area contributed by atoms with Crippen molar-refractivity contribution in [3.8, 4) is 0 Å². The fraction of sp³-hybridized carbons (Fsp3) is 0.429. The summed E-state index contributed by atoms with van der Waals surface area (Å²) < 4.78 is 13.0. The molecule has 0 spiro atoms. The maximum atomic E-state index is 13.0. The van der Waals surface area contributed by atoms with Crippen LogP contribution in [0, 0.1) is 12.7 Å². The topological polar surface area (TPSA) is 46.2 Å². The van der Waals surface area contributed by atoms with Gasteiger partial charge < -0.3 is 5.32 Å². The zero-order chi connectivity index (χ0) is 13.7. The highest BCUT2D eigenvalue weighted by Crippen LogP contribution is 2.11. The Bertz CT molecular complexity index is 455. The summed E-state index contributed by atoms with van der Waals surface area (Å²) in [4.78, 5) is 23.2. The monoisotopic (exact) mass is 251 g/mol. The third kappa shape index (κ3) is 4.28. The van der Waals surface area contributed by atoms with E-state index < -0.39 is 0 Å². The van der Waals surface area contributed by atoms with Gasteiger partial charge >= 0.3 is 0 Å². The van der Waals surface area contributed by atoms with Crippen molar-refractivity contribution in [2.45, 2.75) is 39.7 Å². The molecule has 1 amide bonds. The molecule has 0 aliphatic carbocycles. The van der Waals surface area contributed by atoms with Crippen LogP contribution in [0.2, 0.25) is 0 Å². The molecule has 0 radical (unpaired) electrons. The molecular weight excluding hydrogens is 233 g/mol. The van der Waals surface area contributed by atoms with Crippen molar-refractivity contribution in [3.63, 3.8) is 0 Å². The molecular formula is C14H18FNO2. The van der Waals surface area contributed by atoms with Crippen LogP contribution in [-0.2, 0) is 4.79 Å². The SMILES string of the molecule is Cc1cc(C(=O)CCC(=O)NC(C)C)ccc1F. The van der Waals surface area contributed by atoms with E-state index in [9.17, 15) is 14.0 Å². The Morgan fingerprint density at radius 2 is 1.94 bits per heavy atom. The number of halogens is 1. The van der Waals surface area contributed by atoms with Crippen LogP contribution < -0.4 is 5.32 Å². The first-order chi connectivity index (χ1) is 8.40. The normalized spacial score (nSPS) is 10.5. The minimum atomic E-state index is -0.330. The van der Waals surface area contributed by atoms with Gasteiger partial charge in [0.1, 0.15) is 5.82 Å². The third-order valence-corrected chi connectivity index (χ3v) is 2.51. The second-order valence-corrected chi connectivity index (χ2v) is 4.61. The highest BCUT2D eigenvalue weighted by atomic mass is 19.1. The summed E-state index contributed by atoms with van der Waals surface area (Å²) in [7, 11) is 0. The lowest BCUT2D eigenvalue weighted by Gasteiger charge is -2.08. The van der Waals surface area contributed by atoms with Crippen molar-refractivity contribution >= 4 is 11.7 Å². The summed E-state index contributed by atoms with van der Waals surface area (Å²) in [6.45, 7) is 5.34. The number of rotatable bonds is 5. The number of hydrogen-bond donors (Lipinski definition) is 1. The number of nitrogens with one attached hydrogen (secondary N) is 1. The van der Waals surface area contributed by atoms with Gasteiger partial charge in [-0.15, -0.1) is 0 Å². The van der Waals surface area contributed by atoms with Crippen LogP contribution in [0.3, 0.4) is 0 Å². The third-order valence-electron chi connectivity index (χ3n) is 2.51. The van der Waals surface area contributed by atoms with E-state index in [0.29, 0.717) is 11.1 Å². The molecule has 0 unspecified atom stereocenters. The van der Waals surface area contributed by atoms with Crippen molar-refractivity contribution in [1.82, 2.24) is 5.32 Å². The summed E-state index contributed by atoms with van der Waals surface area (Å²) in [5, 5.41) is 2.72. The summed E-state index contributed by atoms with van der Waals surface area (Å²) in [6.07, 6.45) is 0.303. The average molecular weight is 251 g/mol. The predicted octanol–water partition coefficient (Wildman–Crippen LogP) is 2.62. The Balaban J connectivity index is 2.55. The van der Waals surface area contributed by atoms with Gasteiger partial charge in [-0.1, -0.05) is 0 Å². The van der Waals surface area contributed by atoms with Crippen molar-refractivity contribution in [1.29, 1.82) is 0 Å². The molecule has 1 rings (SSSR count). The Morgan fingerprint density at radius 1 is 1.28 bits per heavy atom. The van der Waals surface area contributed by atoms with E-state index in [2.05, 4.69) is 5.32 Å². The molecule has 0 fully saturated rings. The quantitative estimate of drug-likeness (QED) is 0.818. The number of carbonyl (C=O) groups is 2. The van der Waals surface area contributed by atoms with Gasteiger partial charge in [0.2, 0.25) is 5.91 Å². The summed E-state index contributed by atoms with van der Waals surface area (Å²) in [6, 6.07) is 4.31. The molecule has 0 aliphatic heterocycles. The van der Waals surface area contributed by atoms with Crippen LogP contribution in [0.1, 0.15) is 42.6 Å². The molecule has 0 atom stereocenters. The Hall–Kier alpha value is -1.71. The maximum absolute atomic E-state index is 13.0. The van der Waals surface area contributed by atoms with Crippen molar-refractivity contribution in [2.75, 3.05) is 0 Å². The van der Waals surface area contributed by atoms with Crippen molar-refractivity contribution in [3.05, 3.63) is 35.1 Å². The molecule has 0 heterocycles. The van der Waals surface area contributed by atoms with Crippen LogP contribution in [0.25, 0.3) is 0 Å². The Morgan fingerprint density at radius 3 is 2.50 bits per heavy atom. The highest BCUT2D eigenvalue weighted by Gasteiger charge is 2.11. The van der Waals surface area contributed by atoms with E-state index >= 15 is 0 Å².